The van der Waals surface area contributed by atoms with Crippen molar-refractivity contribution in [3.8, 4) is 0 Å². The summed E-state index contributed by atoms with van der Waals surface area (Å²) in [7, 11) is 0. The van der Waals surface area contributed by atoms with E-state index in [1.165, 1.54) is 4.90 Å². The van der Waals surface area contributed by atoms with Crippen LogP contribution in [-0.2, 0) is 25.5 Å². The maximum Gasteiger partial charge on any atom is 0.326 e. The van der Waals surface area contributed by atoms with Crippen LogP contribution in [0.5, 0.6) is 0 Å². The molecule has 32 heavy (non-hydrogen) atoms. The number of likely N-dealkylation sites (tertiary alicyclic amines) is 1. The standard InChI is InChI=1S/C22H30N2O6S2/c1-15(19(26)24-14-22(31-11-12-32-22)13-18(24)20(27)28)23-17(21(29)30-10-9-25)8-7-16-5-3-2-4-6-16/h2-6,15,17-18,23,25H,7-14H2,1H3,(H,27,28). The number of esters is 1. The Kier molecular flexibility index (Phi) is 8.87. The van der Waals surface area contributed by atoms with Gasteiger partial charge in [0.15, 0.2) is 0 Å². The Balaban J connectivity index is 1.67. The first-order valence-electron chi connectivity index (χ1n) is 10.7. The smallest absolute Gasteiger partial charge is 0.326 e. The number of amides is 1. The van der Waals surface area contributed by atoms with Gasteiger partial charge in [0.25, 0.3) is 0 Å². The number of aliphatic hydroxyl groups excluding tert-OH is 1. The van der Waals surface area contributed by atoms with Crippen LogP contribution in [0, 0.1) is 0 Å². The minimum Gasteiger partial charge on any atom is -0.480 e. The number of aliphatic carboxylic acids is 1. The second-order valence-electron chi connectivity index (χ2n) is 7.99. The largest absolute Gasteiger partial charge is 0.480 e. The van der Waals surface area contributed by atoms with Crippen LogP contribution in [0.3, 0.4) is 0 Å². The first-order valence-corrected chi connectivity index (χ1v) is 12.7. The molecule has 2 saturated heterocycles. The van der Waals surface area contributed by atoms with E-state index in [0.29, 0.717) is 25.8 Å². The van der Waals surface area contributed by atoms with Crippen LogP contribution in [0.15, 0.2) is 30.3 Å². The molecule has 3 N–H and O–H groups in total. The van der Waals surface area contributed by atoms with Gasteiger partial charge < -0.3 is 19.8 Å². The zero-order valence-corrected chi connectivity index (χ0v) is 19.7. The average molecular weight is 483 g/mol. The summed E-state index contributed by atoms with van der Waals surface area (Å²) in [6.07, 6.45) is 1.43. The van der Waals surface area contributed by atoms with E-state index in [-0.39, 0.29) is 23.2 Å². The maximum atomic E-state index is 13.2. The molecule has 2 aliphatic rings. The summed E-state index contributed by atoms with van der Waals surface area (Å²) in [5.41, 5.74) is 1.05. The molecule has 3 atom stereocenters. The molecule has 0 bridgehead atoms. The van der Waals surface area contributed by atoms with Crippen LogP contribution in [-0.4, -0.2) is 86.4 Å². The van der Waals surface area contributed by atoms with E-state index in [9.17, 15) is 19.5 Å². The van der Waals surface area contributed by atoms with E-state index in [4.69, 9.17) is 9.84 Å². The number of hydrogen-bond donors (Lipinski definition) is 3. The number of carbonyl (C=O) groups is 3. The van der Waals surface area contributed by atoms with Gasteiger partial charge >= 0.3 is 11.9 Å². The van der Waals surface area contributed by atoms with Crippen LogP contribution in [0.2, 0.25) is 0 Å². The van der Waals surface area contributed by atoms with E-state index in [1.54, 1.807) is 30.4 Å². The molecule has 0 saturated carbocycles. The fourth-order valence-corrected chi connectivity index (χ4v) is 7.35. The number of nitrogens with zero attached hydrogens (tertiary/aromatic N) is 1. The summed E-state index contributed by atoms with van der Waals surface area (Å²) in [6, 6.07) is 7.30. The van der Waals surface area contributed by atoms with E-state index in [2.05, 4.69) is 5.32 Å². The lowest BCUT2D eigenvalue weighted by atomic mass is 10.0. The third kappa shape index (κ3) is 6.18. The average Bonchev–Trinajstić information content (AvgIpc) is 3.42. The molecule has 0 aromatic heterocycles. The number of ether oxygens (including phenoxy) is 1. The molecule has 1 aromatic carbocycles. The van der Waals surface area contributed by atoms with Gasteiger partial charge in [-0.2, -0.15) is 0 Å². The Morgan fingerprint density at radius 2 is 1.94 bits per heavy atom. The molecule has 10 heteroatoms. The summed E-state index contributed by atoms with van der Waals surface area (Å²) in [5.74, 6) is 0.0284. The molecule has 2 heterocycles. The van der Waals surface area contributed by atoms with Crippen molar-refractivity contribution in [2.75, 3.05) is 31.3 Å². The molecular formula is C22H30N2O6S2. The van der Waals surface area contributed by atoms with Gasteiger partial charge in [0.2, 0.25) is 5.91 Å². The molecule has 176 valence electrons. The van der Waals surface area contributed by atoms with Gasteiger partial charge in [-0.05, 0) is 25.3 Å². The molecule has 1 amide bonds. The topological polar surface area (TPSA) is 116 Å². The van der Waals surface area contributed by atoms with Crippen molar-refractivity contribution in [3.63, 3.8) is 0 Å². The highest BCUT2D eigenvalue weighted by Gasteiger charge is 2.52. The summed E-state index contributed by atoms with van der Waals surface area (Å²) in [4.78, 5) is 39.1. The normalized spacial score (nSPS) is 21.4. The van der Waals surface area contributed by atoms with Crippen molar-refractivity contribution in [3.05, 3.63) is 35.9 Å². The lowest BCUT2D eigenvalue weighted by molar-refractivity contribution is -0.151. The highest BCUT2D eigenvalue weighted by atomic mass is 32.2. The quantitative estimate of drug-likeness (QED) is 0.425. The third-order valence-electron chi connectivity index (χ3n) is 5.68. The summed E-state index contributed by atoms with van der Waals surface area (Å²) in [6.45, 7) is 1.63. The highest BCUT2D eigenvalue weighted by molar-refractivity contribution is 8.21. The van der Waals surface area contributed by atoms with Gasteiger partial charge in [-0.25, -0.2) is 4.79 Å². The van der Waals surface area contributed by atoms with E-state index in [1.807, 2.05) is 30.3 Å². The molecule has 2 aliphatic heterocycles. The third-order valence-corrected chi connectivity index (χ3v) is 9.11. The Hall–Kier alpha value is -1.75. The van der Waals surface area contributed by atoms with E-state index >= 15 is 0 Å². The number of carboxylic acids is 1. The first kappa shape index (κ1) is 24.9. The second kappa shape index (κ2) is 11.4. The van der Waals surface area contributed by atoms with Crippen LogP contribution in [0.25, 0.3) is 0 Å². The predicted octanol–water partition coefficient (Wildman–Crippen LogP) is 1.36. The predicted molar refractivity (Wildman–Crippen MR) is 125 cm³/mol. The zero-order valence-electron chi connectivity index (χ0n) is 18.1. The van der Waals surface area contributed by atoms with E-state index < -0.39 is 30.1 Å². The number of carboxylic acid groups (broad SMARTS) is 1. The molecule has 1 spiro atoms. The lowest BCUT2D eigenvalue weighted by Gasteiger charge is -2.28. The number of aliphatic hydroxyl groups is 1. The number of benzene rings is 1. The van der Waals surface area contributed by atoms with Crippen LogP contribution >= 0.6 is 23.5 Å². The van der Waals surface area contributed by atoms with Gasteiger partial charge in [0.1, 0.15) is 18.7 Å². The Labute approximate surface area is 196 Å². The maximum absolute atomic E-state index is 13.2. The van der Waals surface area contributed by atoms with Crippen molar-refractivity contribution in [1.29, 1.82) is 0 Å². The zero-order chi connectivity index (χ0) is 23.1. The molecular weight excluding hydrogens is 452 g/mol. The van der Waals surface area contributed by atoms with Crippen LogP contribution in [0.1, 0.15) is 25.3 Å². The van der Waals surface area contributed by atoms with Crippen molar-refractivity contribution in [2.45, 2.75) is 48.4 Å². The highest BCUT2D eigenvalue weighted by Crippen LogP contribution is 2.51. The molecule has 0 aliphatic carbocycles. The SMILES string of the molecule is CC(NC(CCc1ccccc1)C(=O)OCCO)C(=O)N1CC2(CC1C(=O)O)SCCS2. The number of nitrogens with one attached hydrogen (secondary N) is 1. The van der Waals surface area contributed by atoms with Crippen LogP contribution < -0.4 is 5.32 Å². The van der Waals surface area contributed by atoms with Gasteiger partial charge in [0.05, 0.1) is 16.7 Å². The Morgan fingerprint density at radius 1 is 1.25 bits per heavy atom. The molecule has 1 aromatic rings. The summed E-state index contributed by atoms with van der Waals surface area (Å²) < 4.78 is 4.85. The fourth-order valence-electron chi connectivity index (χ4n) is 4.09. The Bertz CT molecular complexity index is 803. The van der Waals surface area contributed by atoms with Gasteiger partial charge in [0, 0.05) is 24.5 Å². The Morgan fingerprint density at radius 3 is 2.56 bits per heavy atom. The first-order chi connectivity index (χ1) is 15.3. The molecule has 8 nitrogen and oxygen atoms in total. The van der Waals surface area contributed by atoms with Crippen molar-refractivity contribution in [2.24, 2.45) is 0 Å². The van der Waals surface area contributed by atoms with Crippen molar-refractivity contribution >= 4 is 41.4 Å². The summed E-state index contributed by atoms with van der Waals surface area (Å²) in [5, 5.41) is 21.7. The minimum absolute atomic E-state index is 0.116. The molecule has 0 radical (unpaired) electrons. The van der Waals surface area contributed by atoms with Crippen molar-refractivity contribution in [1.82, 2.24) is 10.2 Å². The van der Waals surface area contributed by atoms with E-state index in [0.717, 1.165) is 17.1 Å². The summed E-state index contributed by atoms with van der Waals surface area (Å²) >= 11 is 3.46. The minimum atomic E-state index is -1.00. The lowest BCUT2D eigenvalue weighted by Crippen LogP contribution is -2.53. The van der Waals surface area contributed by atoms with Gasteiger partial charge in [-0.15, -0.1) is 23.5 Å². The number of carbonyl (C=O) groups excluding carboxylic acids is 2. The van der Waals surface area contributed by atoms with Crippen LogP contribution in [0.4, 0.5) is 0 Å². The number of thioether (sulfide) groups is 2. The molecule has 2 fully saturated rings. The van der Waals surface area contributed by atoms with Gasteiger partial charge in [-0.3, -0.25) is 14.9 Å². The number of aryl methyl sites for hydroxylation is 1. The molecule has 3 rings (SSSR count). The second-order valence-corrected chi connectivity index (χ2v) is 11.2. The fraction of sp³-hybridized carbons (Fsp3) is 0.591. The van der Waals surface area contributed by atoms with Gasteiger partial charge in [-0.1, -0.05) is 30.3 Å². The monoisotopic (exact) mass is 482 g/mol. The van der Waals surface area contributed by atoms with Crippen molar-refractivity contribution < 1.29 is 29.3 Å². The molecule has 3 unspecified atom stereocenters. The number of hydrogen-bond acceptors (Lipinski definition) is 8. The number of rotatable bonds is 10.